The molecule has 2 nitrogen and oxygen atoms in total. The number of hydrogen-bond acceptors (Lipinski definition) is 2. The molecule has 2 rings (SSSR count). The van der Waals surface area contributed by atoms with Crippen molar-refractivity contribution in [2.75, 3.05) is 19.8 Å². The molecule has 0 aromatic carbocycles. The Morgan fingerprint density at radius 2 is 2.00 bits per heavy atom. The molecule has 1 saturated carbocycles. The fraction of sp³-hybridized carbons (Fsp3) is 1.00. The van der Waals surface area contributed by atoms with Crippen LogP contribution in [0.2, 0.25) is 0 Å². The maximum atomic E-state index is 5.46. The second kappa shape index (κ2) is 6.19. The van der Waals surface area contributed by atoms with E-state index in [-0.39, 0.29) is 0 Å². The van der Waals surface area contributed by atoms with E-state index in [2.05, 4.69) is 19.2 Å². The van der Waals surface area contributed by atoms with Gasteiger partial charge in [0.1, 0.15) is 0 Å². The van der Waals surface area contributed by atoms with Gasteiger partial charge < -0.3 is 10.1 Å². The highest BCUT2D eigenvalue weighted by atomic mass is 16.5. The average molecular weight is 239 g/mol. The van der Waals surface area contributed by atoms with Gasteiger partial charge in [0.05, 0.1) is 0 Å². The van der Waals surface area contributed by atoms with Crippen molar-refractivity contribution in [2.24, 2.45) is 11.3 Å². The van der Waals surface area contributed by atoms with Crippen LogP contribution >= 0.6 is 0 Å². The molecule has 1 N–H and O–H groups in total. The van der Waals surface area contributed by atoms with Gasteiger partial charge in [-0.1, -0.05) is 33.1 Å². The van der Waals surface area contributed by atoms with Crippen molar-refractivity contribution >= 4 is 0 Å². The molecule has 1 saturated heterocycles. The van der Waals surface area contributed by atoms with Crippen LogP contribution in [0.25, 0.3) is 0 Å². The molecule has 2 fully saturated rings. The summed E-state index contributed by atoms with van der Waals surface area (Å²) >= 11 is 0. The number of hydrogen-bond donors (Lipinski definition) is 1. The van der Waals surface area contributed by atoms with Crippen LogP contribution in [0.3, 0.4) is 0 Å². The molecule has 0 bridgehead atoms. The Labute approximate surface area is 107 Å². The zero-order chi connectivity index (χ0) is 12.1. The summed E-state index contributed by atoms with van der Waals surface area (Å²) in [5.41, 5.74) is 0.484. The molecule has 2 aliphatic rings. The quantitative estimate of drug-likeness (QED) is 0.812. The predicted octanol–water partition coefficient (Wildman–Crippen LogP) is 3.36. The van der Waals surface area contributed by atoms with E-state index in [1.54, 1.807) is 0 Å². The highest BCUT2D eigenvalue weighted by molar-refractivity contribution is 4.84. The van der Waals surface area contributed by atoms with E-state index in [9.17, 15) is 0 Å². The van der Waals surface area contributed by atoms with E-state index >= 15 is 0 Å². The van der Waals surface area contributed by atoms with Crippen LogP contribution in [0.5, 0.6) is 0 Å². The standard InChI is InChI=1S/C15H29NO/c1-3-13-5-4-6-14(11-13)16-12-15(2)7-9-17-10-8-15/h13-14,16H,3-12H2,1-2H3. The maximum absolute atomic E-state index is 5.46. The Hall–Kier alpha value is -0.0800. The van der Waals surface area contributed by atoms with Crippen LogP contribution in [0, 0.1) is 11.3 Å². The van der Waals surface area contributed by atoms with Crippen molar-refractivity contribution in [2.45, 2.75) is 64.8 Å². The lowest BCUT2D eigenvalue weighted by atomic mass is 9.80. The lowest BCUT2D eigenvalue weighted by molar-refractivity contribution is 0.0218. The van der Waals surface area contributed by atoms with E-state index < -0.39 is 0 Å². The second-order valence-electron chi connectivity index (χ2n) is 6.44. The first-order chi connectivity index (χ1) is 8.22. The van der Waals surface area contributed by atoms with Crippen LogP contribution in [0.4, 0.5) is 0 Å². The fourth-order valence-corrected chi connectivity index (χ4v) is 3.28. The van der Waals surface area contributed by atoms with Gasteiger partial charge in [-0.2, -0.15) is 0 Å². The van der Waals surface area contributed by atoms with Gasteiger partial charge in [0.25, 0.3) is 0 Å². The topological polar surface area (TPSA) is 21.3 Å². The number of rotatable bonds is 4. The smallest absolute Gasteiger partial charge is 0.0471 e. The van der Waals surface area contributed by atoms with Gasteiger partial charge in [-0.3, -0.25) is 0 Å². The fourth-order valence-electron chi connectivity index (χ4n) is 3.28. The molecule has 0 aromatic rings. The van der Waals surface area contributed by atoms with Gasteiger partial charge in [0.2, 0.25) is 0 Å². The van der Waals surface area contributed by atoms with Gasteiger partial charge in [-0.25, -0.2) is 0 Å². The van der Waals surface area contributed by atoms with Crippen LogP contribution in [-0.2, 0) is 4.74 Å². The molecule has 1 aliphatic carbocycles. The minimum Gasteiger partial charge on any atom is -0.381 e. The van der Waals surface area contributed by atoms with Crippen molar-refractivity contribution < 1.29 is 4.74 Å². The monoisotopic (exact) mass is 239 g/mol. The van der Waals surface area contributed by atoms with Gasteiger partial charge in [0.15, 0.2) is 0 Å². The van der Waals surface area contributed by atoms with Crippen molar-refractivity contribution in [1.29, 1.82) is 0 Å². The van der Waals surface area contributed by atoms with Crippen molar-refractivity contribution in [3.05, 3.63) is 0 Å². The van der Waals surface area contributed by atoms with Crippen LogP contribution in [0.15, 0.2) is 0 Å². The number of nitrogens with one attached hydrogen (secondary N) is 1. The Balaban J connectivity index is 1.73. The molecular formula is C15H29NO. The first kappa shape index (κ1) is 13.4. The summed E-state index contributed by atoms with van der Waals surface area (Å²) < 4.78 is 5.46. The lowest BCUT2D eigenvalue weighted by Crippen LogP contribution is -2.43. The molecule has 2 atom stereocenters. The van der Waals surface area contributed by atoms with Crippen LogP contribution in [0.1, 0.15) is 58.8 Å². The lowest BCUT2D eigenvalue weighted by Gasteiger charge is -2.37. The third-order valence-electron chi connectivity index (χ3n) is 4.88. The van der Waals surface area contributed by atoms with E-state index in [0.29, 0.717) is 5.41 Å². The highest BCUT2D eigenvalue weighted by Gasteiger charge is 2.29. The molecule has 17 heavy (non-hydrogen) atoms. The van der Waals surface area contributed by atoms with Gasteiger partial charge in [-0.15, -0.1) is 0 Å². The third-order valence-corrected chi connectivity index (χ3v) is 4.88. The molecule has 0 radical (unpaired) electrons. The summed E-state index contributed by atoms with van der Waals surface area (Å²) in [6.07, 6.45) is 9.50. The van der Waals surface area contributed by atoms with Crippen molar-refractivity contribution in [1.82, 2.24) is 5.32 Å². The zero-order valence-electron chi connectivity index (χ0n) is 11.6. The van der Waals surface area contributed by atoms with Gasteiger partial charge in [-0.05, 0) is 37.0 Å². The molecular weight excluding hydrogens is 210 g/mol. The van der Waals surface area contributed by atoms with Gasteiger partial charge in [0, 0.05) is 25.8 Å². The molecule has 2 unspecified atom stereocenters. The summed E-state index contributed by atoms with van der Waals surface area (Å²) in [6.45, 7) is 7.87. The molecule has 0 spiro atoms. The average Bonchev–Trinajstić information content (AvgIpc) is 2.38. The van der Waals surface area contributed by atoms with E-state index in [4.69, 9.17) is 4.74 Å². The van der Waals surface area contributed by atoms with E-state index in [1.165, 1.54) is 51.5 Å². The highest BCUT2D eigenvalue weighted by Crippen LogP contribution is 2.31. The largest absolute Gasteiger partial charge is 0.381 e. The van der Waals surface area contributed by atoms with Crippen LogP contribution < -0.4 is 5.32 Å². The number of ether oxygens (including phenoxy) is 1. The first-order valence-corrected chi connectivity index (χ1v) is 7.53. The molecule has 1 heterocycles. The van der Waals surface area contributed by atoms with Crippen molar-refractivity contribution in [3.8, 4) is 0 Å². The predicted molar refractivity (Wildman–Crippen MR) is 72.2 cm³/mol. The molecule has 0 amide bonds. The minimum absolute atomic E-state index is 0.484. The molecule has 1 aliphatic heterocycles. The SMILES string of the molecule is CCC1CCCC(NCC2(C)CCOCC2)C1. The molecule has 100 valence electrons. The zero-order valence-corrected chi connectivity index (χ0v) is 11.6. The summed E-state index contributed by atoms with van der Waals surface area (Å²) in [6, 6.07) is 0.786. The Bertz CT molecular complexity index is 223. The normalized spacial score (nSPS) is 33.5. The molecule has 2 heteroatoms. The summed E-state index contributed by atoms with van der Waals surface area (Å²) in [5.74, 6) is 0.976. The summed E-state index contributed by atoms with van der Waals surface area (Å²) in [4.78, 5) is 0. The van der Waals surface area contributed by atoms with Gasteiger partial charge >= 0.3 is 0 Å². The summed E-state index contributed by atoms with van der Waals surface area (Å²) in [5, 5.41) is 3.84. The Morgan fingerprint density at radius 3 is 2.71 bits per heavy atom. The van der Waals surface area contributed by atoms with E-state index in [1.807, 2.05) is 0 Å². The molecule has 0 aromatic heterocycles. The third kappa shape index (κ3) is 3.96. The second-order valence-corrected chi connectivity index (χ2v) is 6.44. The minimum atomic E-state index is 0.484. The Kier molecular flexibility index (Phi) is 4.87. The summed E-state index contributed by atoms with van der Waals surface area (Å²) in [7, 11) is 0. The van der Waals surface area contributed by atoms with Crippen LogP contribution in [-0.4, -0.2) is 25.8 Å². The van der Waals surface area contributed by atoms with Crippen molar-refractivity contribution in [3.63, 3.8) is 0 Å². The maximum Gasteiger partial charge on any atom is 0.0471 e. The van der Waals surface area contributed by atoms with E-state index in [0.717, 1.165) is 25.2 Å². The Morgan fingerprint density at radius 1 is 1.24 bits per heavy atom. The first-order valence-electron chi connectivity index (χ1n) is 7.53.